The van der Waals surface area contributed by atoms with Gasteiger partial charge < -0.3 is 9.47 Å². The molecule has 3 nitrogen and oxygen atoms in total. The van der Waals surface area contributed by atoms with E-state index in [1.165, 1.54) is 5.56 Å². The lowest BCUT2D eigenvalue weighted by Gasteiger charge is -2.35. The number of fused-ring (bicyclic) bond motifs is 3. The summed E-state index contributed by atoms with van der Waals surface area (Å²) < 4.78 is 11.5. The van der Waals surface area contributed by atoms with Crippen LogP contribution in [-0.4, -0.2) is 13.1 Å². The molecule has 1 aliphatic carbocycles. The largest absolute Gasteiger partial charge is 0.496 e. The van der Waals surface area contributed by atoms with Gasteiger partial charge in [0.05, 0.1) is 12.7 Å². The van der Waals surface area contributed by atoms with Crippen LogP contribution in [0.5, 0.6) is 5.75 Å². The number of carbonyl (C=O) groups excluding carboxylic acids is 1. The van der Waals surface area contributed by atoms with Crippen molar-refractivity contribution in [2.24, 2.45) is 0 Å². The van der Waals surface area contributed by atoms with Gasteiger partial charge in [0.25, 0.3) is 0 Å². The molecule has 0 aromatic heterocycles. The molecule has 0 bridgehead atoms. The van der Waals surface area contributed by atoms with Crippen molar-refractivity contribution in [3.8, 4) is 5.75 Å². The normalized spacial score (nSPS) is 21.0. The molecule has 24 heavy (non-hydrogen) atoms. The zero-order chi connectivity index (χ0) is 16.3. The molecule has 118 valence electrons. The lowest BCUT2D eigenvalue weighted by Crippen LogP contribution is -2.31. The Balaban J connectivity index is 1.88. The fraction of sp³-hybridized carbons (Fsp3) is 0.190. The number of aryl methyl sites for hydroxylation is 1. The van der Waals surface area contributed by atoms with Crippen LogP contribution in [0.4, 0.5) is 0 Å². The van der Waals surface area contributed by atoms with Crippen LogP contribution >= 0.6 is 0 Å². The van der Waals surface area contributed by atoms with E-state index in [-0.39, 0.29) is 5.97 Å². The molecule has 2 aliphatic rings. The Morgan fingerprint density at radius 1 is 1.00 bits per heavy atom. The van der Waals surface area contributed by atoms with E-state index in [0.717, 1.165) is 40.5 Å². The van der Waals surface area contributed by atoms with Gasteiger partial charge in [0, 0.05) is 16.5 Å². The second-order valence-electron chi connectivity index (χ2n) is 6.42. The van der Waals surface area contributed by atoms with Crippen LogP contribution < -0.4 is 4.74 Å². The number of esters is 1. The molecule has 5 rings (SSSR count). The summed E-state index contributed by atoms with van der Waals surface area (Å²) in [6.07, 6.45) is 1.65. The van der Waals surface area contributed by atoms with Crippen molar-refractivity contribution in [1.29, 1.82) is 0 Å². The number of carbonyl (C=O) groups is 1. The SMILES string of the molecule is COc1ccc2c3c(cccc13)[C@]1(CC2)OC(=O)c2ccccc21. The van der Waals surface area contributed by atoms with Crippen LogP contribution in [0.2, 0.25) is 0 Å². The Morgan fingerprint density at radius 2 is 1.83 bits per heavy atom. The first-order valence-electron chi connectivity index (χ1n) is 8.16. The molecule has 0 amide bonds. The Hall–Kier alpha value is -2.81. The average molecular weight is 316 g/mol. The highest BCUT2D eigenvalue weighted by Crippen LogP contribution is 2.51. The van der Waals surface area contributed by atoms with E-state index < -0.39 is 5.60 Å². The van der Waals surface area contributed by atoms with Crippen LogP contribution in [-0.2, 0) is 16.8 Å². The van der Waals surface area contributed by atoms with Crippen molar-refractivity contribution in [1.82, 2.24) is 0 Å². The quantitative estimate of drug-likeness (QED) is 0.631. The molecular formula is C21H16O3. The summed E-state index contributed by atoms with van der Waals surface area (Å²) in [6, 6.07) is 18.1. The summed E-state index contributed by atoms with van der Waals surface area (Å²) in [4.78, 5) is 12.4. The molecule has 1 aliphatic heterocycles. The van der Waals surface area contributed by atoms with E-state index in [2.05, 4.69) is 18.2 Å². The van der Waals surface area contributed by atoms with Gasteiger partial charge in [-0.05, 0) is 35.9 Å². The zero-order valence-electron chi connectivity index (χ0n) is 13.3. The van der Waals surface area contributed by atoms with E-state index in [1.807, 2.05) is 36.4 Å². The molecule has 0 saturated carbocycles. The molecule has 0 saturated heterocycles. The highest BCUT2D eigenvalue weighted by Gasteiger charge is 2.49. The number of methoxy groups -OCH3 is 1. The second kappa shape index (κ2) is 4.60. The predicted octanol–water partition coefficient (Wildman–Crippen LogP) is 4.21. The summed E-state index contributed by atoms with van der Waals surface area (Å²) in [5, 5.41) is 2.24. The number of benzene rings is 3. The molecule has 3 heteroatoms. The van der Waals surface area contributed by atoms with Crippen molar-refractivity contribution < 1.29 is 14.3 Å². The first kappa shape index (κ1) is 13.6. The summed E-state index contributed by atoms with van der Waals surface area (Å²) in [7, 11) is 1.69. The highest BCUT2D eigenvalue weighted by atomic mass is 16.6. The molecule has 1 heterocycles. The Labute approximate surface area is 139 Å². The number of hydrogen-bond acceptors (Lipinski definition) is 3. The van der Waals surface area contributed by atoms with Crippen molar-refractivity contribution in [2.75, 3.05) is 7.11 Å². The summed E-state index contributed by atoms with van der Waals surface area (Å²) >= 11 is 0. The predicted molar refractivity (Wildman–Crippen MR) is 91.5 cm³/mol. The average Bonchev–Trinajstić information content (AvgIpc) is 2.92. The van der Waals surface area contributed by atoms with Crippen molar-refractivity contribution in [2.45, 2.75) is 18.4 Å². The van der Waals surface area contributed by atoms with E-state index in [9.17, 15) is 4.79 Å². The molecule has 0 radical (unpaired) electrons. The third kappa shape index (κ3) is 1.54. The molecular weight excluding hydrogens is 300 g/mol. The summed E-state index contributed by atoms with van der Waals surface area (Å²) in [5.41, 5.74) is 3.34. The van der Waals surface area contributed by atoms with Crippen LogP contribution in [0.3, 0.4) is 0 Å². The maximum atomic E-state index is 12.4. The van der Waals surface area contributed by atoms with Crippen molar-refractivity contribution in [3.05, 3.63) is 76.9 Å². The fourth-order valence-corrected chi connectivity index (χ4v) is 4.29. The minimum absolute atomic E-state index is 0.228. The molecule has 0 N–H and O–H groups in total. The zero-order valence-corrected chi connectivity index (χ0v) is 13.3. The van der Waals surface area contributed by atoms with Crippen molar-refractivity contribution >= 4 is 16.7 Å². The van der Waals surface area contributed by atoms with Crippen LogP contribution in [0.1, 0.15) is 33.5 Å². The molecule has 0 fully saturated rings. The van der Waals surface area contributed by atoms with Crippen LogP contribution in [0.25, 0.3) is 10.8 Å². The molecule has 1 atom stereocenters. The summed E-state index contributed by atoms with van der Waals surface area (Å²) in [6.45, 7) is 0. The minimum Gasteiger partial charge on any atom is -0.496 e. The third-order valence-corrected chi connectivity index (χ3v) is 5.34. The van der Waals surface area contributed by atoms with Gasteiger partial charge in [-0.25, -0.2) is 4.79 Å². The van der Waals surface area contributed by atoms with Gasteiger partial charge in [0.2, 0.25) is 0 Å². The van der Waals surface area contributed by atoms with E-state index in [1.54, 1.807) is 7.11 Å². The van der Waals surface area contributed by atoms with Gasteiger partial charge in [-0.3, -0.25) is 0 Å². The van der Waals surface area contributed by atoms with Gasteiger partial charge in [-0.2, -0.15) is 0 Å². The van der Waals surface area contributed by atoms with E-state index in [4.69, 9.17) is 9.47 Å². The maximum Gasteiger partial charge on any atom is 0.339 e. The topological polar surface area (TPSA) is 35.5 Å². The van der Waals surface area contributed by atoms with Crippen LogP contribution in [0, 0.1) is 0 Å². The number of rotatable bonds is 1. The molecule has 0 unspecified atom stereocenters. The Kier molecular flexibility index (Phi) is 2.61. The molecule has 3 aromatic carbocycles. The van der Waals surface area contributed by atoms with Crippen LogP contribution in [0.15, 0.2) is 54.6 Å². The van der Waals surface area contributed by atoms with Gasteiger partial charge in [0.15, 0.2) is 5.60 Å². The van der Waals surface area contributed by atoms with Gasteiger partial charge in [-0.1, -0.05) is 42.5 Å². The Bertz CT molecular complexity index is 1010. The number of ether oxygens (including phenoxy) is 2. The van der Waals surface area contributed by atoms with Crippen molar-refractivity contribution in [3.63, 3.8) is 0 Å². The van der Waals surface area contributed by atoms with E-state index >= 15 is 0 Å². The first-order chi connectivity index (χ1) is 11.7. The maximum absolute atomic E-state index is 12.4. The van der Waals surface area contributed by atoms with Gasteiger partial charge in [-0.15, -0.1) is 0 Å². The Morgan fingerprint density at radius 3 is 2.71 bits per heavy atom. The standard InChI is InChI=1S/C21H16O3/c1-23-18-10-9-13-11-12-21(17-8-4-6-15(18)19(13)17)16-7-3-2-5-14(16)20(22)24-21/h2-10H,11-12H2,1H3/t21-/m1/s1. The fourth-order valence-electron chi connectivity index (χ4n) is 4.29. The monoisotopic (exact) mass is 316 g/mol. The van der Waals surface area contributed by atoms with Gasteiger partial charge >= 0.3 is 5.97 Å². The highest BCUT2D eigenvalue weighted by molar-refractivity contribution is 6.00. The van der Waals surface area contributed by atoms with Gasteiger partial charge in [0.1, 0.15) is 5.75 Å². The third-order valence-electron chi connectivity index (χ3n) is 5.34. The molecule has 1 spiro atoms. The van der Waals surface area contributed by atoms with E-state index in [0.29, 0.717) is 5.56 Å². The second-order valence-corrected chi connectivity index (χ2v) is 6.42. The lowest BCUT2D eigenvalue weighted by molar-refractivity contribution is 0.00700. The number of hydrogen-bond donors (Lipinski definition) is 0. The molecule has 3 aromatic rings. The minimum atomic E-state index is -0.674. The smallest absolute Gasteiger partial charge is 0.339 e. The first-order valence-corrected chi connectivity index (χ1v) is 8.16. The lowest BCUT2D eigenvalue weighted by atomic mass is 9.74. The summed E-state index contributed by atoms with van der Waals surface area (Å²) in [5.74, 6) is 0.624.